The van der Waals surface area contributed by atoms with Gasteiger partial charge < -0.3 is 5.32 Å². The van der Waals surface area contributed by atoms with Crippen LogP contribution in [0, 0.1) is 20.8 Å². The third kappa shape index (κ3) is 3.07. The van der Waals surface area contributed by atoms with Gasteiger partial charge in [-0.1, -0.05) is 31.0 Å². The van der Waals surface area contributed by atoms with Gasteiger partial charge in [-0.2, -0.15) is 5.10 Å². The van der Waals surface area contributed by atoms with Gasteiger partial charge in [-0.3, -0.25) is 9.89 Å². The smallest absolute Gasteiger partial charge is 0.257 e. The van der Waals surface area contributed by atoms with E-state index in [0.29, 0.717) is 5.82 Å². The molecule has 1 aromatic carbocycles. The fourth-order valence-corrected chi connectivity index (χ4v) is 2.54. The molecule has 4 heteroatoms. The van der Waals surface area contributed by atoms with Crippen LogP contribution in [0.2, 0.25) is 0 Å². The molecule has 0 aliphatic rings. The molecule has 0 fully saturated rings. The molecule has 20 heavy (non-hydrogen) atoms. The molecule has 0 unspecified atom stereocenters. The van der Waals surface area contributed by atoms with Gasteiger partial charge in [-0.15, -0.1) is 0 Å². The number of aromatic amines is 1. The summed E-state index contributed by atoms with van der Waals surface area (Å²) >= 11 is 0. The van der Waals surface area contributed by atoms with Crippen LogP contribution in [0.5, 0.6) is 0 Å². The van der Waals surface area contributed by atoms with Crippen LogP contribution in [0.4, 0.5) is 5.82 Å². The van der Waals surface area contributed by atoms with Gasteiger partial charge in [0.05, 0.1) is 0 Å². The van der Waals surface area contributed by atoms with Crippen molar-refractivity contribution in [2.24, 2.45) is 0 Å². The molecule has 4 nitrogen and oxygen atoms in total. The Morgan fingerprint density at radius 3 is 2.45 bits per heavy atom. The van der Waals surface area contributed by atoms with Crippen molar-refractivity contribution in [3.05, 3.63) is 46.1 Å². The second kappa shape index (κ2) is 5.90. The molecule has 0 bridgehead atoms. The molecule has 2 aromatic rings. The lowest BCUT2D eigenvalue weighted by Crippen LogP contribution is -2.15. The molecule has 0 saturated carbocycles. The highest BCUT2D eigenvalue weighted by Gasteiger charge is 2.14. The molecule has 1 amide bonds. The van der Waals surface area contributed by atoms with Crippen molar-refractivity contribution in [1.82, 2.24) is 10.2 Å². The van der Waals surface area contributed by atoms with Gasteiger partial charge in [-0.05, 0) is 38.3 Å². The van der Waals surface area contributed by atoms with E-state index < -0.39 is 0 Å². The molecular weight excluding hydrogens is 250 g/mol. The molecule has 0 radical (unpaired) electrons. The topological polar surface area (TPSA) is 57.8 Å². The second-order valence-electron chi connectivity index (χ2n) is 5.26. The lowest BCUT2D eigenvalue weighted by molar-refractivity contribution is 0.102. The maximum absolute atomic E-state index is 12.4. The van der Waals surface area contributed by atoms with Gasteiger partial charge in [0, 0.05) is 17.3 Å². The molecular formula is C16H21N3O. The number of carbonyl (C=O) groups is 1. The van der Waals surface area contributed by atoms with Gasteiger partial charge in [0.2, 0.25) is 0 Å². The van der Waals surface area contributed by atoms with Gasteiger partial charge >= 0.3 is 0 Å². The van der Waals surface area contributed by atoms with Crippen molar-refractivity contribution in [3.8, 4) is 0 Å². The number of hydrogen-bond acceptors (Lipinski definition) is 2. The molecule has 1 heterocycles. The molecule has 1 aromatic heterocycles. The van der Waals surface area contributed by atoms with E-state index in [1.54, 1.807) is 0 Å². The summed E-state index contributed by atoms with van der Waals surface area (Å²) in [5, 5.41) is 9.91. The van der Waals surface area contributed by atoms with Crippen LogP contribution in [-0.4, -0.2) is 16.1 Å². The van der Waals surface area contributed by atoms with Crippen molar-refractivity contribution in [1.29, 1.82) is 0 Å². The Balaban J connectivity index is 2.19. The van der Waals surface area contributed by atoms with Gasteiger partial charge in [0.25, 0.3) is 5.91 Å². The fourth-order valence-electron chi connectivity index (χ4n) is 2.54. The third-order valence-corrected chi connectivity index (χ3v) is 3.30. The second-order valence-corrected chi connectivity index (χ2v) is 5.26. The Bertz CT molecular complexity index is 605. The quantitative estimate of drug-likeness (QED) is 0.893. The predicted molar refractivity (Wildman–Crippen MR) is 81.2 cm³/mol. The van der Waals surface area contributed by atoms with E-state index in [4.69, 9.17) is 0 Å². The summed E-state index contributed by atoms with van der Waals surface area (Å²) in [5.74, 6) is 0.479. The zero-order valence-electron chi connectivity index (χ0n) is 12.5. The van der Waals surface area contributed by atoms with E-state index in [1.807, 2.05) is 39.0 Å². The number of benzene rings is 1. The number of rotatable bonds is 4. The number of carbonyl (C=O) groups excluding carboxylic acids is 1. The Kier molecular flexibility index (Phi) is 4.23. The maximum Gasteiger partial charge on any atom is 0.257 e. The monoisotopic (exact) mass is 271 g/mol. The van der Waals surface area contributed by atoms with Gasteiger partial charge in [0.15, 0.2) is 5.82 Å². The Morgan fingerprint density at radius 2 is 1.85 bits per heavy atom. The standard InChI is InChI=1S/C16H21N3O/c1-5-6-13-9-14(19-18-13)17-16(20)15-11(3)7-10(2)8-12(15)4/h7-9H,5-6H2,1-4H3,(H2,17,18,19,20). The van der Waals surface area contributed by atoms with Crippen LogP contribution in [0.3, 0.4) is 0 Å². The van der Waals surface area contributed by atoms with Crippen LogP contribution >= 0.6 is 0 Å². The van der Waals surface area contributed by atoms with Crippen molar-refractivity contribution in [3.63, 3.8) is 0 Å². The molecule has 106 valence electrons. The maximum atomic E-state index is 12.4. The molecule has 0 saturated heterocycles. The minimum atomic E-state index is -0.102. The number of aryl methyl sites for hydroxylation is 4. The number of nitrogens with zero attached hydrogens (tertiary/aromatic N) is 1. The first kappa shape index (κ1) is 14.3. The van der Waals surface area contributed by atoms with E-state index in [1.165, 1.54) is 5.56 Å². The number of aromatic nitrogens is 2. The zero-order valence-corrected chi connectivity index (χ0v) is 12.5. The van der Waals surface area contributed by atoms with Crippen molar-refractivity contribution >= 4 is 11.7 Å². The van der Waals surface area contributed by atoms with Crippen LogP contribution in [0.25, 0.3) is 0 Å². The Hall–Kier alpha value is -2.10. The van der Waals surface area contributed by atoms with Crippen molar-refractivity contribution < 1.29 is 4.79 Å². The summed E-state index contributed by atoms with van der Waals surface area (Å²) in [7, 11) is 0. The number of hydrogen-bond donors (Lipinski definition) is 2. The zero-order chi connectivity index (χ0) is 14.7. The SMILES string of the molecule is CCCc1cc(NC(=O)c2c(C)cc(C)cc2C)n[nH]1. The molecule has 0 spiro atoms. The average Bonchev–Trinajstić information content (AvgIpc) is 2.75. The minimum Gasteiger partial charge on any atom is -0.305 e. The summed E-state index contributed by atoms with van der Waals surface area (Å²) in [6.45, 7) is 8.06. The highest BCUT2D eigenvalue weighted by molar-refractivity contribution is 6.05. The van der Waals surface area contributed by atoms with Crippen LogP contribution in [-0.2, 0) is 6.42 Å². The molecule has 0 aliphatic heterocycles. The van der Waals surface area contributed by atoms with Crippen LogP contribution < -0.4 is 5.32 Å². The van der Waals surface area contributed by atoms with E-state index in [0.717, 1.165) is 35.2 Å². The first-order valence-corrected chi connectivity index (χ1v) is 6.94. The largest absolute Gasteiger partial charge is 0.305 e. The van der Waals surface area contributed by atoms with E-state index >= 15 is 0 Å². The van der Waals surface area contributed by atoms with E-state index in [2.05, 4.69) is 22.4 Å². The average molecular weight is 271 g/mol. The number of amides is 1. The number of H-pyrrole nitrogens is 1. The summed E-state index contributed by atoms with van der Waals surface area (Å²) in [4.78, 5) is 12.4. The molecule has 0 aliphatic carbocycles. The molecule has 2 rings (SSSR count). The number of anilines is 1. The lowest BCUT2D eigenvalue weighted by Gasteiger charge is -2.10. The first-order chi connectivity index (χ1) is 9.51. The highest BCUT2D eigenvalue weighted by Crippen LogP contribution is 2.18. The summed E-state index contributed by atoms with van der Waals surface area (Å²) in [5.41, 5.74) is 4.92. The Morgan fingerprint density at radius 1 is 1.20 bits per heavy atom. The Labute approximate surface area is 119 Å². The summed E-state index contributed by atoms with van der Waals surface area (Å²) < 4.78 is 0. The normalized spacial score (nSPS) is 10.6. The van der Waals surface area contributed by atoms with E-state index in [-0.39, 0.29) is 5.91 Å². The lowest BCUT2D eigenvalue weighted by atomic mass is 9.99. The minimum absolute atomic E-state index is 0.102. The summed E-state index contributed by atoms with van der Waals surface area (Å²) in [6.07, 6.45) is 1.98. The third-order valence-electron chi connectivity index (χ3n) is 3.30. The van der Waals surface area contributed by atoms with Crippen LogP contribution in [0.1, 0.15) is 46.1 Å². The van der Waals surface area contributed by atoms with Crippen molar-refractivity contribution in [2.75, 3.05) is 5.32 Å². The molecule has 0 atom stereocenters. The first-order valence-electron chi connectivity index (χ1n) is 6.94. The van der Waals surface area contributed by atoms with Crippen LogP contribution in [0.15, 0.2) is 18.2 Å². The number of nitrogens with one attached hydrogen (secondary N) is 2. The van der Waals surface area contributed by atoms with Gasteiger partial charge in [0.1, 0.15) is 0 Å². The summed E-state index contributed by atoms with van der Waals surface area (Å²) in [6, 6.07) is 5.93. The molecule has 2 N–H and O–H groups in total. The highest BCUT2D eigenvalue weighted by atomic mass is 16.1. The van der Waals surface area contributed by atoms with Crippen molar-refractivity contribution in [2.45, 2.75) is 40.5 Å². The fraction of sp³-hybridized carbons (Fsp3) is 0.375. The van der Waals surface area contributed by atoms with Gasteiger partial charge in [-0.25, -0.2) is 0 Å². The van der Waals surface area contributed by atoms with E-state index in [9.17, 15) is 4.79 Å². The predicted octanol–water partition coefficient (Wildman–Crippen LogP) is 3.54.